The van der Waals surface area contributed by atoms with E-state index in [0.29, 0.717) is 0 Å². The van der Waals surface area contributed by atoms with Gasteiger partial charge in [-0.15, -0.1) is 0 Å². The maximum atomic E-state index is 10.8. The Morgan fingerprint density at radius 3 is 1.53 bits per heavy atom. The first kappa shape index (κ1) is 41.8. The molecule has 2 unspecified atom stereocenters. The van der Waals surface area contributed by atoms with Gasteiger partial charge in [-0.1, -0.05) is 0 Å². The molecular formula is C17H38NO17S3-3. The first-order valence-electron chi connectivity index (χ1n) is 10.9. The summed E-state index contributed by atoms with van der Waals surface area (Å²) in [5.41, 5.74) is 0. The number of ether oxygens (including phenoxy) is 2. The fraction of sp³-hybridized carbons (Fsp3) is 1.00. The van der Waals surface area contributed by atoms with Crippen LogP contribution in [0, 0.1) is 0 Å². The van der Waals surface area contributed by atoms with Crippen LogP contribution in [0.5, 0.6) is 0 Å². The molecule has 0 aromatic heterocycles. The maximum Gasteiger partial charge on any atom is 0.0999 e. The average molecular weight is 625 g/mol. The van der Waals surface area contributed by atoms with Gasteiger partial charge in [-0.3, -0.25) is 4.90 Å². The normalized spacial score (nSPS) is 13.7. The maximum absolute atomic E-state index is 10.8. The van der Waals surface area contributed by atoms with Gasteiger partial charge >= 0.3 is 0 Å². The molecule has 0 saturated carbocycles. The Hall–Kier alpha value is -0.630. The van der Waals surface area contributed by atoms with Crippen LogP contribution in [-0.2, 0) is 39.8 Å². The van der Waals surface area contributed by atoms with Gasteiger partial charge in [0, 0.05) is 26.2 Å². The Morgan fingerprint density at radius 2 is 1.18 bits per heavy atom. The third-order valence-corrected chi connectivity index (χ3v) is 6.53. The van der Waals surface area contributed by atoms with Crippen LogP contribution in [0.15, 0.2) is 0 Å². The lowest BCUT2D eigenvalue weighted by molar-refractivity contribution is 0.0694. The van der Waals surface area contributed by atoms with Crippen LogP contribution < -0.4 is 0 Å². The van der Waals surface area contributed by atoms with E-state index >= 15 is 0 Å². The van der Waals surface area contributed by atoms with Crippen molar-refractivity contribution < 1.29 is 79.0 Å². The zero-order valence-corrected chi connectivity index (χ0v) is 23.1. The highest BCUT2D eigenvalue weighted by Gasteiger charge is 2.16. The Labute approximate surface area is 222 Å². The molecule has 0 amide bonds. The molecular weight excluding hydrogens is 586 g/mol. The largest absolute Gasteiger partial charge is 0.748 e. The van der Waals surface area contributed by atoms with Crippen molar-refractivity contribution in [3.63, 3.8) is 0 Å². The van der Waals surface area contributed by atoms with Crippen LogP contribution in [0.1, 0.15) is 6.42 Å². The van der Waals surface area contributed by atoms with Crippen molar-refractivity contribution in [3.05, 3.63) is 0 Å². The predicted octanol–water partition coefficient (Wildman–Crippen LogP) is -5.99. The van der Waals surface area contributed by atoms with Gasteiger partial charge < -0.3 is 53.8 Å². The van der Waals surface area contributed by atoms with Crippen molar-refractivity contribution in [2.24, 2.45) is 0 Å². The molecule has 0 fully saturated rings. The Kier molecular flexibility index (Phi) is 26.6. The van der Waals surface area contributed by atoms with Gasteiger partial charge in [-0.2, -0.15) is 0 Å². The van der Waals surface area contributed by atoms with Crippen molar-refractivity contribution in [2.75, 3.05) is 90.6 Å². The van der Waals surface area contributed by atoms with Crippen molar-refractivity contribution in [1.29, 1.82) is 0 Å². The van der Waals surface area contributed by atoms with Crippen molar-refractivity contribution in [2.45, 2.75) is 17.8 Å². The number of aliphatic hydroxyl groups excluding tert-OH is 6. The van der Waals surface area contributed by atoms with Gasteiger partial charge in [0.25, 0.3) is 0 Å². The summed E-state index contributed by atoms with van der Waals surface area (Å²) < 4.78 is 102. The second-order valence-electron chi connectivity index (χ2n) is 7.15. The molecule has 6 N–H and O–H groups in total. The predicted molar refractivity (Wildman–Crippen MR) is 127 cm³/mol. The number of hydrogen-bond donors (Lipinski definition) is 6. The second kappa shape index (κ2) is 24.2. The van der Waals surface area contributed by atoms with Crippen LogP contribution >= 0.6 is 0 Å². The lowest BCUT2D eigenvalue weighted by atomic mass is 10.3. The SMILES string of the molecule is O=S(=O)([O-])C(CCOCCO)COCCO.O=S(=O)([O-])CC(O)CO.O=S(=O)([O-])CCN(CCO)CCO. The van der Waals surface area contributed by atoms with E-state index < -0.39 is 59.8 Å². The fourth-order valence-electron chi connectivity index (χ4n) is 2.12. The van der Waals surface area contributed by atoms with E-state index in [2.05, 4.69) is 0 Å². The summed E-state index contributed by atoms with van der Waals surface area (Å²) in [5, 5.41) is 49.1. The summed E-state index contributed by atoms with van der Waals surface area (Å²) >= 11 is 0. The molecule has 0 bridgehead atoms. The fourth-order valence-corrected chi connectivity index (χ4v) is 3.83. The average Bonchev–Trinajstić information content (AvgIpc) is 2.78. The summed E-state index contributed by atoms with van der Waals surface area (Å²) in [6.45, 7) is -0.877. The summed E-state index contributed by atoms with van der Waals surface area (Å²) in [6.07, 6.45) is -1.44. The van der Waals surface area contributed by atoms with E-state index in [1.54, 1.807) is 0 Å². The highest BCUT2D eigenvalue weighted by molar-refractivity contribution is 7.86. The molecule has 234 valence electrons. The molecule has 21 heteroatoms. The highest BCUT2D eigenvalue weighted by atomic mass is 32.2. The van der Waals surface area contributed by atoms with Gasteiger partial charge in [0.05, 0.1) is 106 Å². The molecule has 0 aromatic carbocycles. The van der Waals surface area contributed by atoms with E-state index in [1.807, 2.05) is 0 Å². The highest BCUT2D eigenvalue weighted by Crippen LogP contribution is 2.05. The zero-order chi connectivity index (χ0) is 30.3. The minimum absolute atomic E-state index is 0.0104. The van der Waals surface area contributed by atoms with E-state index in [4.69, 9.17) is 40.1 Å². The molecule has 0 spiro atoms. The number of aliphatic hydroxyl groups is 6. The lowest BCUT2D eigenvalue weighted by Gasteiger charge is -2.20. The standard InChI is InChI=1S/C8H18O7S.C6H15NO5S.C3H8O5S/c9-2-5-14-4-1-8(16(11,12)13)7-15-6-3-10;8-4-1-7(2-5-9)3-6-13(10,11)12;4-1-3(5)2-9(6,7)8/h8-10H,1-7H2,(H,11,12,13);8-9H,1-6H2,(H,10,11,12);3-5H,1-2H2,(H,6,7,8)/p-3. The first-order chi connectivity index (χ1) is 17.5. The first-order valence-corrected chi connectivity index (χ1v) is 15.5. The summed E-state index contributed by atoms with van der Waals surface area (Å²) in [5.74, 6) is -1.42. The van der Waals surface area contributed by atoms with Gasteiger partial charge in [-0.05, 0) is 6.42 Å². The van der Waals surface area contributed by atoms with Crippen molar-refractivity contribution in [3.8, 4) is 0 Å². The van der Waals surface area contributed by atoms with Gasteiger partial charge in [-0.25, -0.2) is 25.3 Å². The molecule has 0 rings (SSSR count). The van der Waals surface area contributed by atoms with E-state index in [1.165, 1.54) is 4.90 Å². The van der Waals surface area contributed by atoms with Crippen molar-refractivity contribution >= 4 is 30.4 Å². The summed E-state index contributed by atoms with van der Waals surface area (Å²) in [4.78, 5) is 1.51. The number of rotatable bonds is 20. The second-order valence-corrected chi connectivity index (χ2v) is 11.8. The van der Waals surface area contributed by atoms with Crippen LogP contribution in [0.25, 0.3) is 0 Å². The lowest BCUT2D eigenvalue weighted by Crippen LogP contribution is -2.34. The van der Waals surface area contributed by atoms with E-state index in [9.17, 15) is 38.9 Å². The van der Waals surface area contributed by atoms with E-state index in [-0.39, 0.29) is 78.9 Å². The molecule has 2 atom stereocenters. The van der Waals surface area contributed by atoms with Gasteiger partial charge in [0.15, 0.2) is 0 Å². The number of hydrogen-bond acceptors (Lipinski definition) is 18. The smallest absolute Gasteiger partial charge is 0.0999 e. The molecule has 18 nitrogen and oxygen atoms in total. The van der Waals surface area contributed by atoms with E-state index in [0.717, 1.165) is 0 Å². The van der Waals surface area contributed by atoms with Crippen LogP contribution in [0.4, 0.5) is 0 Å². The molecule has 0 aromatic rings. The third-order valence-electron chi connectivity index (χ3n) is 3.86. The molecule has 0 heterocycles. The Morgan fingerprint density at radius 1 is 0.684 bits per heavy atom. The molecule has 0 radical (unpaired) electrons. The van der Waals surface area contributed by atoms with Gasteiger partial charge in [0.1, 0.15) is 0 Å². The van der Waals surface area contributed by atoms with Crippen LogP contribution in [-0.4, -0.2) is 176 Å². The van der Waals surface area contributed by atoms with Crippen LogP contribution in [0.3, 0.4) is 0 Å². The monoisotopic (exact) mass is 624 g/mol. The molecule has 38 heavy (non-hydrogen) atoms. The Balaban J connectivity index is -0.000000503. The summed E-state index contributed by atoms with van der Waals surface area (Å²) in [7, 11) is -13.0. The minimum atomic E-state index is -4.43. The molecule has 0 aliphatic carbocycles. The number of nitrogens with zero attached hydrogens (tertiary/aromatic N) is 1. The molecule has 0 aliphatic rings. The Bertz CT molecular complexity index is 845. The molecule has 0 saturated heterocycles. The molecule has 0 aliphatic heterocycles. The van der Waals surface area contributed by atoms with Crippen molar-refractivity contribution in [1.82, 2.24) is 4.90 Å². The van der Waals surface area contributed by atoms with Crippen LogP contribution in [0.2, 0.25) is 0 Å². The third kappa shape index (κ3) is 33.4. The summed E-state index contributed by atoms with van der Waals surface area (Å²) in [6, 6.07) is 0. The van der Waals surface area contributed by atoms with Gasteiger partial charge in [0.2, 0.25) is 0 Å². The minimum Gasteiger partial charge on any atom is -0.748 e. The topological polar surface area (TPSA) is 315 Å². The zero-order valence-electron chi connectivity index (χ0n) is 20.6. The quantitative estimate of drug-likeness (QED) is 0.0542.